The van der Waals surface area contributed by atoms with Crippen molar-refractivity contribution in [2.45, 2.75) is 6.04 Å². The molecule has 1 amide bonds. The molecule has 2 rings (SSSR count). The van der Waals surface area contributed by atoms with E-state index in [0.717, 1.165) is 5.75 Å². The van der Waals surface area contributed by atoms with Crippen molar-refractivity contribution in [3.63, 3.8) is 0 Å². The summed E-state index contributed by atoms with van der Waals surface area (Å²) in [4.78, 5) is 25.0. The van der Waals surface area contributed by atoms with Crippen molar-refractivity contribution in [2.75, 3.05) is 37.0 Å². The third-order valence-electron chi connectivity index (χ3n) is 3.25. The van der Waals surface area contributed by atoms with Gasteiger partial charge in [0.1, 0.15) is 11.8 Å². The number of methoxy groups -OCH3 is 1. The van der Waals surface area contributed by atoms with Crippen LogP contribution in [-0.2, 0) is 9.59 Å². The standard InChI is InChI=1S/C14H18N2O4S/c1-20-12-5-3-2-4-10(12)15-13(17)8-16-6-7-21-9-11(16)14(18)19/h2-5,11H,6-9H2,1H3,(H,15,17)(H,18,19). The van der Waals surface area contributed by atoms with Crippen molar-refractivity contribution in [1.82, 2.24) is 4.90 Å². The lowest BCUT2D eigenvalue weighted by Crippen LogP contribution is -2.50. The molecule has 21 heavy (non-hydrogen) atoms. The smallest absolute Gasteiger partial charge is 0.321 e. The Morgan fingerprint density at radius 1 is 1.48 bits per heavy atom. The normalized spacial score (nSPS) is 19.0. The third-order valence-corrected chi connectivity index (χ3v) is 4.27. The summed E-state index contributed by atoms with van der Waals surface area (Å²) >= 11 is 1.60. The number of nitrogens with zero attached hydrogens (tertiary/aromatic N) is 1. The second kappa shape index (κ2) is 7.33. The topological polar surface area (TPSA) is 78.9 Å². The average molecular weight is 310 g/mol. The quantitative estimate of drug-likeness (QED) is 0.849. The molecule has 114 valence electrons. The monoisotopic (exact) mass is 310 g/mol. The number of carboxylic acids is 1. The van der Waals surface area contributed by atoms with Gasteiger partial charge in [0.25, 0.3) is 0 Å². The zero-order chi connectivity index (χ0) is 15.2. The van der Waals surface area contributed by atoms with Gasteiger partial charge >= 0.3 is 5.97 Å². The molecule has 0 aromatic heterocycles. The number of nitrogens with one attached hydrogen (secondary N) is 1. The number of carbonyl (C=O) groups excluding carboxylic acids is 1. The van der Waals surface area contributed by atoms with Gasteiger partial charge in [-0.25, -0.2) is 0 Å². The number of hydrogen-bond donors (Lipinski definition) is 2. The SMILES string of the molecule is COc1ccccc1NC(=O)CN1CCSCC1C(=O)O. The fraction of sp³-hybridized carbons (Fsp3) is 0.429. The summed E-state index contributed by atoms with van der Waals surface area (Å²) in [6, 6.07) is 6.52. The van der Waals surface area contributed by atoms with Gasteiger partial charge in [0.2, 0.25) is 5.91 Å². The molecule has 1 unspecified atom stereocenters. The number of para-hydroxylation sites is 2. The maximum absolute atomic E-state index is 12.1. The van der Waals surface area contributed by atoms with Gasteiger partial charge in [-0.3, -0.25) is 14.5 Å². The molecule has 0 spiro atoms. The van der Waals surface area contributed by atoms with Crippen molar-refractivity contribution >= 4 is 29.3 Å². The second-order valence-corrected chi connectivity index (χ2v) is 5.80. The Morgan fingerprint density at radius 3 is 2.95 bits per heavy atom. The van der Waals surface area contributed by atoms with Crippen LogP contribution in [0.2, 0.25) is 0 Å². The van der Waals surface area contributed by atoms with Crippen LogP contribution in [0.4, 0.5) is 5.69 Å². The highest BCUT2D eigenvalue weighted by Crippen LogP contribution is 2.23. The first kappa shape index (κ1) is 15.7. The van der Waals surface area contributed by atoms with Gasteiger partial charge in [0.05, 0.1) is 19.3 Å². The lowest BCUT2D eigenvalue weighted by atomic mass is 10.2. The van der Waals surface area contributed by atoms with E-state index in [1.165, 1.54) is 7.11 Å². The third kappa shape index (κ3) is 4.12. The summed E-state index contributed by atoms with van der Waals surface area (Å²) in [5.74, 6) is 0.808. The molecule has 6 nitrogen and oxygen atoms in total. The minimum absolute atomic E-state index is 0.0651. The lowest BCUT2D eigenvalue weighted by molar-refractivity contribution is -0.142. The van der Waals surface area contributed by atoms with Crippen LogP contribution in [0, 0.1) is 0 Å². The average Bonchev–Trinajstić information content (AvgIpc) is 2.48. The molecule has 1 aliphatic heterocycles. The Hall–Kier alpha value is -1.73. The van der Waals surface area contributed by atoms with Crippen LogP contribution in [0.15, 0.2) is 24.3 Å². The van der Waals surface area contributed by atoms with E-state index in [-0.39, 0.29) is 12.5 Å². The number of carboxylic acid groups (broad SMARTS) is 1. The molecule has 2 N–H and O–H groups in total. The van der Waals surface area contributed by atoms with Crippen LogP contribution in [0.25, 0.3) is 0 Å². The van der Waals surface area contributed by atoms with Crippen molar-refractivity contribution in [3.05, 3.63) is 24.3 Å². The van der Waals surface area contributed by atoms with Gasteiger partial charge in [-0.1, -0.05) is 12.1 Å². The highest BCUT2D eigenvalue weighted by atomic mass is 32.2. The molecule has 1 aliphatic rings. The molecule has 1 atom stereocenters. The maximum Gasteiger partial charge on any atom is 0.321 e. The van der Waals surface area contributed by atoms with Gasteiger partial charge < -0.3 is 15.2 Å². The Morgan fingerprint density at radius 2 is 2.24 bits per heavy atom. The number of hydrogen-bond acceptors (Lipinski definition) is 5. The van der Waals surface area contributed by atoms with E-state index < -0.39 is 12.0 Å². The van der Waals surface area contributed by atoms with Crippen LogP contribution in [0.5, 0.6) is 5.75 Å². The Kier molecular flexibility index (Phi) is 5.46. The zero-order valence-corrected chi connectivity index (χ0v) is 12.6. The van der Waals surface area contributed by atoms with E-state index in [9.17, 15) is 14.7 Å². The summed E-state index contributed by atoms with van der Waals surface area (Å²) < 4.78 is 5.17. The molecule has 7 heteroatoms. The minimum atomic E-state index is -0.882. The first-order valence-electron chi connectivity index (χ1n) is 6.59. The van der Waals surface area contributed by atoms with E-state index in [4.69, 9.17) is 4.74 Å². The van der Waals surface area contributed by atoms with Crippen molar-refractivity contribution in [2.24, 2.45) is 0 Å². The fourth-order valence-electron chi connectivity index (χ4n) is 2.18. The van der Waals surface area contributed by atoms with Crippen LogP contribution in [0.1, 0.15) is 0 Å². The summed E-state index contributed by atoms with van der Waals surface area (Å²) in [7, 11) is 1.54. The number of amides is 1. The molecule has 1 aromatic rings. The summed E-state index contributed by atoms with van der Waals surface area (Å²) in [5.41, 5.74) is 0.586. The lowest BCUT2D eigenvalue weighted by Gasteiger charge is -2.31. The molecule has 0 bridgehead atoms. The molecule has 0 aliphatic carbocycles. The molecule has 0 radical (unpaired) electrons. The van der Waals surface area contributed by atoms with Crippen LogP contribution in [0.3, 0.4) is 0 Å². The first-order chi connectivity index (χ1) is 10.1. The first-order valence-corrected chi connectivity index (χ1v) is 7.74. The summed E-state index contributed by atoms with van der Waals surface area (Å²) in [6.07, 6.45) is 0. The molecular formula is C14H18N2O4S. The molecule has 0 saturated carbocycles. The number of ether oxygens (including phenoxy) is 1. The van der Waals surface area contributed by atoms with Crippen LogP contribution in [-0.4, -0.2) is 59.6 Å². The number of carbonyl (C=O) groups is 2. The van der Waals surface area contributed by atoms with E-state index in [1.54, 1.807) is 34.9 Å². The highest BCUT2D eigenvalue weighted by molar-refractivity contribution is 7.99. The van der Waals surface area contributed by atoms with E-state index in [0.29, 0.717) is 23.7 Å². The van der Waals surface area contributed by atoms with Crippen LogP contribution < -0.4 is 10.1 Å². The van der Waals surface area contributed by atoms with E-state index in [1.807, 2.05) is 6.07 Å². The second-order valence-electron chi connectivity index (χ2n) is 4.65. The van der Waals surface area contributed by atoms with Gasteiger partial charge in [0, 0.05) is 18.1 Å². The molecule has 1 heterocycles. The van der Waals surface area contributed by atoms with Gasteiger partial charge in [-0.05, 0) is 12.1 Å². The van der Waals surface area contributed by atoms with Gasteiger partial charge in [0.15, 0.2) is 0 Å². The van der Waals surface area contributed by atoms with E-state index in [2.05, 4.69) is 5.32 Å². The van der Waals surface area contributed by atoms with Crippen molar-refractivity contribution in [3.8, 4) is 5.75 Å². The predicted molar refractivity (Wildman–Crippen MR) is 81.9 cm³/mol. The van der Waals surface area contributed by atoms with Crippen LogP contribution >= 0.6 is 11.8 Å². The van der Waals surface area contributed by atoms with Crippen molar-refractivity contribution in [1.29, 1.82) is 0 Å². The predicted octanol–water partition coefficient (Wildman–Crippen LogP) is 1.14. The molecule has 1 aromatic carbocycles. The number of benzene rings is 1. The fourth-order valence-corrected chi connectivity index (χ4v) is 3.28. The Balaban J connectivity index is 1.99. The number of thioether (sulfide) groups is 1. The zero-order valence-electron chi connectivity index (χ0n) is 11.7. The largest absolute Gasteiger partial charge is 0.495 e. The van der Waals surface area contributed by atoms with Gasteiger partial charge in [-0.15, -0.1) is 0 Å². The van der Waals surface area contributed by atoms with Gasteiger partial charge in [-0.2, -0.15) is 11.8 Å². The van der Waals surface area contributed by atoms with Crippen molar-refractivity contribution < 1.29 is 19.4 Å². The molecule has 1 fully saturated rings. The van der Waals surface area contributed by atoms with E-state index >= 15 is 0 Å². The highest BCUT2D eigenvalue weighted by Gasteiger charge is 2.30. The maximum atomic E-state index is 12.1. The number of anilines is 1. The molecular weight excluding hydrogens is 292 g/mol. The number of rotatable bonds is 5. The summed E-state index contributed by atoms with van der Waals surface area (Å²) in [5, 5.41) is 11.9. The summed E-state index contributed by atoms with van der Waals surface area (Å²) in [6.45, 7) is 0.663. The Bertz CT molecular complexity index is 523. The molecule has 1 saturated heterocycles. The minimum Gasteiger partial charge on any atom is -0.495 e. The number of aliphatic carboxylic acids is 1. The Labute approximate surface area is 127 Å².